The zero-order chi connectivity index (χ0) is 24.7. The summed E-state index contributed by atoms with van der Waals surface area (Å²) < 4.78 is 29.4. The molecule has 4 aromatic rings. The number of β-amino-alcohol motifs (C(OH)–C–C–N with tert-alkyl or cyclic N) is 1. The van der Waals surface area contributed by atoms with Gasteiger partial charge in [-0.05, 0) is 31.5 Å². The fourth-order valence-corrected chi connectivity index (χ4v) is 4.41. The lowest BCUT2D eigenvalue weighted by molar-refractivity contribution is 0.0680. The molecule has 1 fully saturated rings. The normalized spacial score (nSPS) is 16.5. The molecule has 1 aliphatic rings. The highest BCUT2D eigenvalue weighted by atomic mass is 19.3. The van der Waals surface area contributed by atoms with Crippen molar-refractivity contribution in [2.75, 3.05) is 18.4 Å². The molecular formula is C24H25F2N7O2. The highest BCUT2D eigenvalue weighted by molar-refractivity contribution is 6.10. The maximum Gasteiger partial charge on any atom is 0.300 e. The van der Waals surface area contributed by atoms with Crippen LogP contribution in [0.2, 0.25) is 0 Å². The van der Waals surface area contributed by atoms with Gasteiger partial charge in [-0.3, -0.25) is 9.69 Å². The number of carbonyl (C=O) groups excluding carboxylic acids is 1. The van der Waals surface area contributed by atoms with E-state index in [9.17, 15) is 18.7 Å². The van der Waals surface area contributed by atoms with E-state index in [1.165, 1.54) is 6.20 Å². The van der Waals surface area contributed by atoms with E-state index in [0.29, 0.717) is 41.4 Å². The van der Waals surface area contributed by atoms with Crippen LogP contribution in [0, 0.1) is 6.92 Å². The SMILES string of the molecule is Cc1nn(-c2ccnc(Nc3ccc4c(c3)c(C(=O)C(F)F)cn4C)n2)cc1CN1CCC(O)C1. The molecule has 0 amide bonds. The van der Waals surface area contributed by atoms with Crippen molar-refractivity contribution in [3.05, 3.63) is 59.7 Å². The van der Waals surface area contributed by atoms with Crippen LogP contribution in [0.1, 0.15) is 28.0 Å². The smallest absolute Gasteiger partial charge is 0.300 e. The summed E-state index contributed by atoms with van der Waals surface area (Å²) in [7, 11) is 1.70. The van der Waals surface area contributed by atoms with Crippen molar-refractivity contribution in [1.82, 2.24) is 29.2 Å². The van der Waals surface area contributed by atoms with E-state index in [1.807, 2.05) is 13.1 Å². The lowest BCUT2D eigenvalue weighted by Crippen LogP contribution is -2.21. The number of rotatable bonds is 7. The van der Waals surface area contributed by atoms with E-state index in [-0.39, 0.29) is 11.7 Å². The van der Waals surface area contributed by atoms with Gasteiger partial charge in [0.25, 0.3) is 0 Å². The molecule has 11 heteroatoms. The standard InChI is InChI=1S/C24H25F2N7O2/c1-14-15(10-32-8-6-17(34)12-32)11-33(30-14)21-5-7-27-24(29-21)28-16-3-4-20-18(9-16)19(13-31(20)2)22(35)23(25)26/h3-5,7,9,11,13,17,23,34H,6,8,10,12H2,1-2H3,(H,27,28,29). The summed E-state index contributed by atoms with van der Waals surface area (Å²) in [5, 5.41) is 17.9. The highest BCUT2D eigenvalue weighted by Gasteiger charge is 2.23. The zero-order valence-corrected chi connectivity index (χ0v) is 19.3. The zero-order valence-electron chi connectivity index (χ0n) is 19.3. The Kier molecular flexibility index (Phi) is 6.03. The maximum atomic E-state index is 13.0. The Labute approximate surface area is 200 Å². The van der Waals surface area contributed by atoms with E-state index in [0.717, 1.165) is 24.2 Å². The number of ketones is 1. The Balaban J connectivity index is 1.38. The number of carbonyl (C=O) groups is 1. The number of hydrogen-bond acceptors (Lipinski definition) is 7. The Bertz CT molecular complexity index is 1400. The molecule has 9 nitrogen and oxygen atoms in total. The molecule has 2 N–H and O–H groups in total. The molecular weight excluding hydrogens is 456 g/mol. The van der Waals surface area contributed by atoms with Crippen LogP contribution < -0.4 is 5.32 Å². The lowest BCUT2D eigenvalue weighted by atomic mass is 10.1. The number of benzene rings is 1. The molecule has 0 spiro atoms. The molecule has 182 valence electrons. The number of anilines is 2. The first-order valence-corrected chi connectivity index (χ1v) is 11.3. The Morgan fingerprint density at radius 3 is 2.86 bits per heavy atom. The summed E-state index contributed by atoms with van der Waals surface area (Å²) in [5.74, 6) is -0.344. The van der Waals surface area contributed by atoms with Crippen LogP contribution in [-0.2, 0) is 13.6 Å². The second-order valence-corrected chi connectivity index (χ2v) is 8.78. The summed E-state index contributed by atoms with van der Waals surface area (Å²) in [6, 6.07) is 6.90. The number of aromatic nitrogens is 5. The van der Waals surface area contributed by atoms with Gasteiger partial charge in [-0.15, -0.1) is 0 Å². The van der Waals surface area contributed by atoms with Gasteiger partial charge in [-0.2, -0.15) is 10.1 Å². The van der Waals surface area contributed by atoms with E-state index in [4.69, 9.17) is 0 Å². The monoisotopic (exact) mass is 481 g/mol. The van der Waals surface area contributed by atoms with Gasteiger partial charge >= 0.3 is 6.43 Å². The van der Waals surface area contributed by atoms with Gasteiger partial charge in [0.15, 0.2) is 5.82 Å². The third-order valence-electron chi connectivity index (χ3n) is 6.23. The highest BCUT2D eigenvalue weighted by Crippen LogP contribution is 2.27. The molecule has 4 heterocycles. The van der Waals surface area contributed by atoms with E-state index in [2.05, 4.69) is 25.3 Å². The molecule has 3 aromatic heterocycles. The molecule has 0 radical (unpaired) electrons. The number of halogens is 2. The summed E-state index contributed by atoms with van der Waals surface area (Å²) >= 11 is 0. The molecule has 0 saturated carbocycles. The van der Waals surface area contributed by atoms with Crippen LogP contribution >= 0.6 is 0 Å². The molecule has 1 unspecified atom stereocenters. The number of Topliss-reactive ketones (excluding diaryl/α,β-unsaturated/α-hetero) is 1. The topological polar surface area (TPSA) is 101 Å². The molecule has 5 rings (SSSR count). The summed E-state index contributed by atoms with van der Waals surface area (Å²) in [6.45, 7) is 4.15. The molecule has 1 aliphatic heterocycles. The number of aliphatic hydroxyl groups excluding tert-OH is 1. The molecule has 1 saturated heterocycles. The fraction of sp³-hybridized carbons (Fsp3) is 0.333. The number of aryl methyl sites for hydroxylation is 2. The Hall–Kier alpha value is -3.70. The average molecular weight is 482 g/mol. The van der Waals surface area contributed by atoms with E-state index in [1.54, 1.807) is 46.8 Å². The third kappa shape index (κ3) is 4.64. The van der Waals surface area contributed by atoms with Crippen molar-refractivity contribution in [2.24, 2.45) is 7.05 Å². The van der Waals surface area contributed by atoms with Crippen LogP contribution in [0.4, 0.5) is 20.4 Å². The second-order valence-electron chi connectivity index (χ2n) is 8.78. The number of likely N-dealkylation sites (tertiary alicyclic amines) is 1. The van der Waals surface area contributed by atoms with Crippen molar-refractivity contribution in [3.63, 3.8) is 0 Å². The van der Waals surface area contributed by atoms with Gasteiger partial charge in [0.1, 0.15) is 0 Å². The van der Waals surface area contributed by atoms with Crippen molar-refractivity contribution >= 4 is 28.3 Å². The predicted molar refractivity (Wildman–Crippen MR) is 126 cm³/mol. The van der Waals surface area contributed by atoms with Crippen molar-refractivity contribution in [3.8, 4) is 5.82 Å². The van der Waals surface area contributed by atoms with Gasteiger partial charge in [0.05, 0.1) is 11.8 Å². The van der Waals surface area contributed by atoms with Crippen molar-refractivity contribution < 1.29 is 18.7 Å². The number of nitrogens with one attached hydrogen (secondary N) is 1. The number of aliphatic hydroxyl groups is 1. The molecule has 1 aromatic carbocycles. The molecule has 1 atom stereocenters. The third-order valence-corrected chi connectivity index (χ3v) is 6.23. The van der Waals surface area contributed by atoms with Gasteiger partial charge in [-0.25, -0.2) is 18.4 Å². The average Bonchev–Trinajstić information content (AvgIpc) is 3.51. The summed E-state index contributed by atoms with van der Waals surface area (Å²) in [6.07, 6.45) is 2.37. The van der Waals surface area contributed by atoms with Gasteiger partial charge in [-0.1, -0.05) is 0 Å². The number of fused-ring (bicyclic) bond motifs is 1. The molecule has 0 bridgehead atoms. The van der Waals surface area contributed by atoms with Crippen LogP contribution in [0.3, 0.4) is 0 Å². The minimum Gasteiger partial charge on any atom is -0.392 e. The molecule has 35 heavy (non-hydrogen) atoms. The first kappa shape index (κ1) is 23.1. The van der Waals surface area contributed by atoms with Crippen LogP contribution in [0.5, 0.6) is 0 Å². The molecule has 0 aliphatic carbocycles. The maximum absolute atomic E-state index is 13.0. The fourth-order valence-electron chi connectivity index (χ4n) is 4.41. The van der Waals surface area contributed by atoms with Gasteiger partial charge in [0, 0.05) is 79.1 Å². The predicted octanol–water partition coefficient (Wildman–Crippen LogP) is 3.22. The van der Waals surface area contributed by atoms with Crippen molar-refractivity contribution in [1.29, 1.82) is 0 Å². The minimum absolute atomic E-state index is 0.0270. The lowest BCUT2D eigenvalue weighted by Gasteiger charge is -2.13. The van der Waals surface area contributed by atoms with Crippen LogP contribution in [0.15, 0.2) is 42.9 Å². The van der Waals surface area contributed by atoms with Crippen LogP contribution in [0.25, 0.3) is 16.7 Å². The number of nitrogens with zero attached hydrogens (tertiary/aromatic N) is 6. The summed E-state index contributed by atoms with van der Waals surface area (Å²) in [4.78, 5) is 23.0. The largest absolute Gasteiger partial charge is 0.392 e. The minimum atomic E-state index is -3.07. The van der Waals surface area contributed by atoms with Gasteiger partial charge in [0.2, 0.25) is 11.7 Å². The number of alkyl halides is 2. The van der Waals surface area contributed by atoms with Crippen molar-refractivity contribution in [2.45, 2.75) is 32.4 Å². The number of hydrogen-bond donors (Lipinski definition) is 2. The first-order valence-electron chi connectivity index (χ1n) is 11.3. The van der Waals surface area contributed by atoms with E-state index >= 15 is 0 Å². The van der Waals surface area contributed by atoms with Crippen LogP contribution in [-0.4, -0.2) is 65.7 Å². The van der Waals surface area contributed by atoms with Gasteiger partial charge < -0.3 is 15.0 Å². The second kappa shape index (κ2) is 9.16. The summed E-state index contributed by atoms with van der Waals surface area (Å²) in [5.41, 5.74) is 3.14. The first-order chi connectivity index (χ1) is 16.8. The van der Waals surface area contributed by atoms with E-state index < -0.39 is 12.2 Å². The Morgan fingerprint density at radius 1 is 1.29 bits per heavy atom. The quantitative estimate of drug-likeness (QED) is 0.391. The Morgan fingerprint density at radius 2 is 2.11 bits per heavy atom.